The van der Waals surface area contributed by atoms with Gasteiger partial charge in [0.2, 0.25) is 4.96 Å². The fraction of sp³-hybridized carbons (Fsp3) is 0.111. The third-order valence-corrected chi connectivity index (χ3v) is 4.75. The maximum atomic E-state index is 9.80. The lowest BCUT2D eigenvalue weighted by Crippen LogP contribution is -1.95. The van der Waals surface area contributed by atoms with Crippen LogP contribution in [0.1, 0.15) is 11.3 Å². The van der Waals surface area contributed by atoms with Gasteiger partial charge in [-0.25, -0.2) is 9.50 Å². The Morgan fingerprint density at radius 2 is 1.74 bits per heavy atom. The average Bonchev–Trinajstić information content (AvgIpc) is 3.14. The summed E-state index contributed by atoms with van der Waals surface area (Å²) in [5.74, 6) is 0. The van der Waals surface area contributed by atoms with Crippen LogP contribution in [0.2, 0.25) is 0 Å². The second kappa shape index (κ2) is 5.61. The van der Waals surface area contributed by atoms with E-state index >= 15 is 0 Å². The molecule has 0 aliphatic heterocycles. The van der Waals surface area contributed by atoms with Crippen molar-refractivity contribution in [1.82, 2.24) is 14.6 Å². The predicted octanol–water partition coefficient (Wildman–Crippen LogP) is 3.93. The first-order valence-electron chi connectivity index (χ1n) is 7.38. The highest BCUT2D eigenvalue weighted by Crippen LogP contribution is 2.31. The Hall–Kier alpha value is -2.50. The summed E-state index contributed by atoms with van der Waals surface area (Å²) in [7, 11) is 0. The van der Waals surface area contributed by atoms with Gasteiger partial charge in [-0.2, -0.15) is 5.10 Å². The first-order valence-corrected chi connectivity index (χ1v) is 8.19. The second-order valence-electron chi connectivity index (χ2n) is 5.40. The van der Waals surface area contributed by atoms with Gasteiger partial charge in [0, 0.05) is 11.1 Å². The number of hydrogen-bond acceptors (Lipinski definition) is 4. The van der Waals surface area contributed by atoms with E-state index in [4.69, 9.17) is 0 Å². The maximum absolute atomic E-state index is 9.80. The topological polar surface area (TPSA) is 50.4 Å². The van der Waals surface area contributed by atoms with Gasteiger partial charge >= 0.3 is 0 Å². The lowest BCUT2D eigenvalue weighted by atomic mass is 10.1. The molecule has 0 aliphatic rings. The monoisotopic (exact) mass is 321 g/mol. The fourth-order valence-electron chi connectivity index (χ4n) is 2.57. The number of imidazole rings is 1. The number of aryl methyl sites for hydroxylation is 1. The SMILES string of the molecule is Cc1ccc(-c2nc3sc(-c4ccccc4)nn3c2CO)cc1. The van der Waals surface area contributed by atoms with E-state index in [-0.39, 0.29) is 6.61 Å². The number of aliphatic hydroxyl groups is 1. The minimum Gasteiger partial charge on any atom is -0.390 e. The number of aromatic nitrogens is 3. The molecule has 0 spiro atoms. The molecular formula is C18H15N3OS. The summed E-state index contributed by atoms with van der Waals surface area (Å²) in [6.45, 7) is 1.96. The van der Waals surface area contributed by atoms with E-state index in [2.05, 4.69) is 17.0 Å². The first kappa shape index (κ1) is 14.1. The zero-order valence-electron chi connectivity index (χ0n) is 12.6. The van der Waals surface area contributed by atoms with Gasteiger partial charge in [0.15, 0.2) is 0 Å². The predicted molar refractivity (Wildman–Crippen MR) is 92.4 cm³/mol. The Morgan fingerprint density at radius 1 is 1.00 bits per heavy atom. The van der Waals surface area contributed by atoms with E-state index in [1.165, 1.54) is 16.9 Å². The standard InChI is InChI=1S/C18H15N3OS/c1-12-7-9-13(10-8-12)16-15(11-22)21-18(19-16)23-17(20-21)14-5-3-2-4-6-14/h2-10,22H,11H2,1H3. The van der Waals surface area contributed by atoms with Gasteiger partial charge in [-0.3, -0.25) is 0 Å². The van der Waals surface area contributed by atoms with Crippen LogP contribution in [0.4, 0.5) is 0 Å². The highest BCUT2D eigenvalue weighted by atomic mass is 32.1. The van der Waals surface area contributed by atoms with Crippen molar-refractivity contribution < 1.29 is 5.11 Å². The number of benzene rings is 2. The van der Waals surface area contributed by atoms with E-state index in [0.29, 0.717) is 0 Å². The number of fused-ring (bicyclic) bond motifs is 1. The largest absolute Gasteiger partial charge is 0.390 e. The molecule has 2 heterocycles. The highest BCUT2D eigenvalue weighted by Gasteiger charge is 2.17. The van der Waals surface area contributed by atoms with Gasteiger partial charge < -0.3 is 5.11 Å². The number of hydrogen-bond donors (Lipinski definition) is 1. The lowest BCUT2D eigenvalue weighted by molar-refractivity contribution is 0.275. The Morgan fingerprint density at radius 3 is 2.43 bits per heavy atom. The van der Waals surface area contributed by atoms with Crippen LogP contribution in [0.25, 0.3) is 26.8 Å². The molecule has 0 fully saturated rings. The smallest absolute Gasteiger partial charge is 0.213 e. The summed E-state index contributed by atoms with van der Waals surface area (Å²) >= 11 is 1.53. The summed E-state index contributed by atoms with van der Waals surface area (Å²) in [6, 6.07) is 18.2. The Bertz CT molecular complexity index is 955. The van der Waals surface area contributed by atoms with Crippen molar-refractivity contribution in [2.75, 3.05) is 0 Å². The van der Waals surface area contributed by atoms with E-state index in [9.17, 15) is 5.11 Å². The van der Waals surface area contributed by atoms with Crippen LogP contribution in [0.15, 0.2) is 54.6 Å². The van der Waals surface area contributed by atoms with Crippen molar-refractivity contribution in [2.24, 2.45) is 0 Å². The zero-order chi connectivity index (χ0) is 15.8. The molecule has 0 bridgehead atoms. The Balaban J connectivity index is 1.85. The normalized spacial score (nSPS) is 11.2. The van der Waals surface area contributed by atoms with Crippen LogP contribution in [0.3, 0.4) is 0 Å². The minimum absolute atomic E-state index is 0.0949. The first-order chi connectivity index (χ1) is 11.3. The third-order valence-electron chi connectivity index (χ3n) is 3.79. The highest BCUT2D eigenvalue weighted by molar-refractivity contribution is 7.19. The molecule has 0 saturated heterocycles. The van der Waals surface area contributed by atoms with E-state index in [0.717, 1.165) is 32.5 Å². The average molecular weight is 321 g/mol. The van der Waals surface area contributed by atoms with E-state index < -0.39 is 0 Å². The van der Waals surface area contributed by atoms with E-state index in [1.54, 1.807) is 4.52 Å². The lowest BCUT2D eigenvalue weighted by Gasteiger charge is -2.01. The van der Waals surface area contributed by atoms with Crippen molar-refractivity contribution in [3.8, 4) is 21.8 Å². The summed E-state index contributed by atoms with van der Waals surface area (Å²) < 4.78 is 1.75. The summed E-state index contributed by atoms with van der Waals surface area (Å²) in [5, 5.41) is 15.3. The van der Waals surface area contributed by atoms with Crippen LogP contribution in [-0.4, -0.2) is 19.7 Å². The van der Waals surface area contributed by atoms with Gasteiger partial charge in [0.25, 0.3) is 0 Å². The number of nitrogens with zero attached hydrogens (tertiary/aromatic N) is 3. The van der Waals surface area contributed by atoms with Crippen molar-refractivity contribution in [3.63, 3.8) is 0 Å². The van der Waals surface area contributed by atoms with Crippen molar-refractivity contribution in [3.05, 3.63) is 65.9 Å². The van der Waals surface area contributed by atoms with Gasteiger partial charge in [-0.05, 0) is 6.92 Å². The molecule has 4 rings (SSSR count). The minimum atomic E-state index is -0.0949. The van der Waals surface area contributed by atoms with Crippen molar-refractivity contribution >= 4 is 16.3 Å². The molecule has 0 saturated carbocycles. The summed E-state index contributed by atoms with van der Waals surface area (Å²) in [4.78, 5) is 5.48. The molecule has 1 N–H and O–H groups in total. The van der Waals surface area contributed by atoms with Crippen LogP contribution in [0.5, 0.6) is 0 Å². The molecule has 4 aromatic rings. The second-order valence-corrected chi connectivity index (χ2v) is 6.35. The molecule has 0 aliphatic carbocycles. The van der Waals surface area contributed by atoms with Crippen LogP contribution < -0.4 is 0 Å². The quantitative estimate of drug-likeness (QED) is 0.622. The van der Waals surface area contributed by atoms with Crippen LogP contribution in [-0.2, 0) is 6.61 Å². The molecule has 114 valence electrons. The Labute approximate surface area is 137 Å². The van der Waals surface area contributed by atoms with Crippen molar-refractivity contribution in [2.45, 2.75) is 13.5 Å². The zero-order valence-corrected chi connectivity index (χ0v) is 13.4. The van der Waals surface area contributed by atoms with Crippen LogP contribution in [0, 0.1) is 6.92 Å². The van der Waals surface area contributed by atoms with Crippen LogP contribution >= 0.6 is 11.3 Å². The fourth-order valence-corrected chi connectivity index (χ4v) is 3.50. The molecule has 0 amide bonds. The molecule has 0 radical (unpaired) electrons. The van der Waals surface area contributed by atoms with E-state index in [1.807, 2.05) is 54.6 Å². The molecule has 2 aromatic carbocycles. The third kappa shape index (κ3) is 2.44. The molecule has 2 aromatic heterocycles. The number of aliphatic hydroxyl groups excluding tert-OH is 1. The molecular weight excluding hydrogens is 306 g/mol. The molecule has 0 atom stereocenters. The van der Waals surface area contributed by atoms with Gasteiger partial charge in [0.05, 0.1) is 18.0 Å². The molecule has 0 unspecified atom stereocenters. The molecule has 4 nitrogen and oxygen atoms in total. The molecule has 23 heavy (non-hydrogen) atoms. The van der Waals surface area contributed by atoms with Gasteiger partial charge in [0.1, 0.15) is 5.01 Å². The Kier molecular flexibility index (Phi) is 3.44. The molecule has 5 heteroatoms. The maximum Gasteiger partial charge on any atom is 0.213 e. The summed E-state index contributed by atoms with van der Waals surface area (Å²) in [6.07, 6.45) is 0. The van der Waals surface area contributed by atoms with Gasteiger partial charge in [-0.15, -0.1) is 0 Å². The van der Waals surface area contributed by atoms with Crippen molar-refractivity contribution in [1.29, 1.82) is 0 Å². The number of rotatable bonds is 3. The summed E-state index contributed by atoms with van der Waals surface area (Å²) in [5.41, 5.74) is 4.78. The van der Waals surface area contributed by atoms with Gasteiger partial charge in [-0.1, -0.05) is 71.5 Å².